The zero-order valence-corrected chi connectivity index (χ0v) is 19.0. The molecule has 0 radical (unpaired) electrons. The standard InChI is InChI=1S/C26H26N2O3S/c1-19(2)28(20-10-4-3-5-11-20)25(29)18-31-26(30)16-17-27-21-12-6-8-14-23(21)32-24-15-9-7-13-22(24)27/h3-15,19H,16-18H2,1-2H3. The van der Waals surface area contributed by atoms with E-state index < -0.39 is 0 Å². The third-order valence-corrected chi connectivity index (χ3v) is 6.38. The Bertz CT molecular complexity index is 1060. The maximum Gasteiger partial charge on any atom is 0.308 e. The first-order chi connectivity index (χ1) is 15.5. The monoisotopic (exact) mass is 446 g/mol. The summed E-state index contributed by atoms with van der Waals surface area (Å²) in [5.74, 6) is -0.618. The van der Waals surface area contributed by atoms with E-state index in [-0.39, 0.29) is 30.9 Å². The minimum atomic E-state index is -0.386. The van der Waals surface area contributed by atoms with Gasteiger partial charge in [0.1, 0.15) is 0 Å². The highest BCUT2D eigenvalue weighted by Gasteiger charge is 2.24. The number of fused-ring (bicyclic) bond motifs is 2. The number of ether oxygens (including phenoxy) is 1. The van der Waals surface area contributed by atoms with Crippen molar-refractivity contribution in [1.29, 1.82) is 0 Å². The lowest BCUT2D eigenvalue weighted by molar-refractivity contribution is -0.147. The van der Waals surface area contributed by atoms with E-state index in [1.807, 2.05) is 68.4 Å². The highest BCUT2D eigenvalue weighted by molar-refractivity contribution is 7.99. The molecule has 0 N–H and O–H groups in total. The van der Waals surface area contributed by atoms with Crippen molar-refractivity contribution >= 4 is 40.7 Å². The van der Waals surface area contributed by atoms with Crippen molar-refractivity contribution in [2.24, 2.45) is 0 Å². The zero-order chi connectivity index (χ0) is 22.5. The van der Waals surface area contributed by atoms with Crippen LogP contribution in [0.5, 0.6) is 0 Å². The largest absolute Gasteiger partial charge is 0.455 e. The lowest BCUT2D eigenvalue weighted by Crippen LogP contribution is -2.40. The first-order valence-electron chi connectivity index (χ1n) is 10.7. The molecule has 5 nitrogen and oxygen atoms in total. The molecule has 1 aliphatic rings. The van der Waals surface area contributed by atoms with Crippen LogP contribution in [0.1, 0.15) is 20.3 Å². The number of benzene rings is 3. The van der Waals surface area contributed by atoms with E-state index in [0.29, 0.717) is 6.54 Å². The van der Waals surface area contributed by atoms with E-state index in [1.165, 1.54) is 0 Å². The van der Waals surface area contributed by atoms with Gasteiger partial charge >= 0.3 is 5.97 Å². The summed E-state index contributed by atoms with van der Waals surface area (Å²) in [7, 11) is 0. The van der Waals surface area contributed by atoms with Gasteiger partial charge in [0, 0.05) is 28.1 Å². The van der Waals surface area contributed by atoms with Crippen molar-refractivity contribution in [1.82, 2.24) is 0 Å². The third-order valence-electron chi connectivity index (χ3n) is 5.25. The predicted molar refractivity (Wildman–Crippen MR) is 129 cm³/mol. The Hall–Kier alpha value is -3.25. The average molecular weight is 447 g/mol. The maximum atomic E-state index is 12.8. The van der Waals surface area contributed by atoms with Gasteiger partial charge in [-0.2, -0.15) is 0 Å². The number of rotatable bonds is 7. The minimum Gasteiger partial charge on any atom is -0.455 e. The Morgan fingerprint density at radius 1 is 0.875 bits per heavy atom. The van der Waals surface area contributed by atoms with Gasteiger partial charge < -0.3 is 14.5 Å². The summed E-state index contributed by atoms with van der Waals surface area (Å²) in [6, 6.07) is 25.7. The molecule has 0 aliphatic carbocycles. The molecule has 0 saturated carbocycles. The van der Waals surface area contributed by atoms with Crippen molar-refractivity contribution in [3.63, 3.8) is 0 Å². The fourth-order valence-electron chi connectivity index (χ4n) is 3.83. The van der Waals surface area contributed by atoms with E-state index in [1.54, 1.807) is 16.7 Å². The molecular formula is C26H26N2O3S. The SMILES string of the molecule is CC(C)N(C(=O)COC(=O)CCN1c2ccccc2Sc2ccccc21)c1ccccc1. The number of amides is 1. The molecule has 0 aromatic heterocycles. The van der Waals surface area contributed by atoms with Crippen LogP contribution in [-0.4, -0.2) is 31.1 Å². The normalized spacial score (nSPS) is 12.2. The lowest BCUT2D eigenvalue weighted by Gasteiger charge is -2.32. The Morgan fingerprint density at radius 3 is 2.03 bits per heavy atom. The van der Waals surface area contributed by atoms with Gasteiger partial charge in [0.2, 0.25) is 0 Å². The molecule has 4 rings (SSSR count). The van der Waals surface area contributed by atoms with Crippen LogP contribution in [0.2, 0.25) is 0 Å². The van der Waals surface area contributed by atoms with Gasteiger partial charge in [-0.25, -0.2) is 0 Å². The molecule has 0 spiro atoms. The number of carbonyl (C=O) groups is 2. The molecule has 1 heterocycles. The summed E-state index contributed by atoms with van der Waals surface area (Å²) in [4.78, 5) is 31.4. The van der Waals surface area contributed by atoms with Crippen LogP contribution in [0.3, 0.4) is 0 Å². The quantitative estimate of drug-likeness (QED) is 0.438. The fraction of sp³-hybridized carbons (Fsp3) is 0.231. The maximum absolute atomic E-state index is 12.8. The fourth-order valence-corrected chi connectivity index (χ4v) is 4.92. The number of esters is 1. The molecule has 0 atom stereocenters. The second-order valence-corrected chi connectivity index (χ2v) is 8.88. The molecule has 164 valence electrons. The molecule has 0 saturated heterocycles. The Kier molecular flexibility index (Phi) is 6.81. The molecule has 0 fully saturated rings. The molecular weight excluding hydrogens is 420 g/mol. The summed E-state index contributed by atoms with van der Waals surface area (Å²) in [5.41, 5.74) is 2.95. The van der Waals surface area contributed by atoms with Crippen molar-refractivity contribution in [2.75, 3.05) is 23.0 Å². The van der Waals surface area contributed by atoms with Crippen LogP contribution in [0.25, 0.3) is 0 Å². The summed E-state index contributed by atoms with van der Waals surface area (Å²) < 4.78 is 5.36. The van der Waals surface area contributed by atoms with Gasteiger partial charge in [0.05, 0.1) is 17.8 Å². The smallest absolute Gasteiger partial charge is 0.308 e. The predicted octanol–water partition coefficient (Wildman–Crippen LogP) is 5.66. The van der Waals surface area contributed by atoms with Crippen LogP contribution in [0.15, 0.2) is 88.7 Å². The number of hydrogen-bond donors (Lipinski definition) is 0. The molecule has 0 bridgehead atoms. The second-order valence-electron chi connectivity index (χ2n) is 7.79. The number of nitrogens with zero attached hydrogens (tertiary/aromatic N) is 2. The summed E-state index contributed by atoms with van der Waals surface area (Å²) in [6.45, 7) is 4.09. The van der Waals surface area contributed by atoms with E-state index in [9.17, 15) is 9.59 Å². The number of para-hydroxylation sites is 3. The molecule has 1 amide bonds. The van der Waals surface area contributed by atoms with Crippen LogP contribution < -0.4 is 9.80 Å². The van der Waals surface area contributed by atoms with Gasteiger partial charge in [-0.15, -0.1) is 0 Å². The van der Waals surface area contributed by atoms with Crippen LogP contribution in [-0.2, 0) is 14.3 Å². The van der Waals surface area contributed by atoms with Crippen LogP contribution >= 0.6 is 11.8 Å². The summed E-state index contributed by atoms with van der Waals surface area (Å²) in [5, 5.41) is 0. The van der Waals surface area contributed by atoms with Gasteiger partial charge in [-0.05, 0) is 50.2 Å². The number of anilines is 3. The highest BCUT2D eigenvalue weighted by atomic mass is 32.2. The van der Waals surface area contributed by atoms with Gasteiger partial charge in [0.25, 0.3) is 5.91 Å². The van der Waals surface area contributed by atoms with Crippen LogP contribution in [0, 0.1) is 0 Å². The van der Waals surface area contributed by atoms with Gasteiger partial charge in [0.15, 0.2) is 6.61 Å². The molecule has 6 heteroatoms. The van der Waals surface area contributed by atoms with E-state index >= 15 is 0 Å². The van der Waals surface area contributed by atoms with E-state index in [4.69, 9.17) is 4.74 Å². The minimum absolute atomic E-state index is 0.0394. The molecule has 1 aliphatic heterocycles. The first-order valence-corrected chi connectivity index (χ1v) is 11.5. The van der Waals surface area contributed by atoms with Crippen molar-refractivity contribution < 1.29 is 14.3 Å². The van der Waals surface area contributed by atoms with Gasteiger partial charge in [-0.1, -0.05) is 54.2 Å². The summed E-state index contributed by atoms with van der Waals surface area (Å²) in [6.07, 6.45) is 0.188. The Balaban J connectivity index is 1.39. The molecule has 0 unspecified atom stereocenters. The van der Waals surface area contributed by atoms with E-state index in [0.717, 1.165) is 26.9 Å². The van der Waals surface area contributed by atoms with E-state index in [2.05, 4.69) is 29.2 Å². The van der Waals surface area contributed by atoms with Gasteiger partial charge in [-0.3, -0.25) is 9.59 Å². The average Bonchev–Trinajstić information content (AvgIpc) is 2.81. The van der Waals surface area contributed by atoms with Crippen molar-refractivity contribution in [2.45, 2.75) is 36.1 Å². The zero-order valence-electron chi connectivity index (χ0n) is 18.2. The van der Waals surface area contributed by atoms with Crippen molar-refractivity contribution in [3.05, 3.63) is 78.9 Å². The number of hydrogen-bond acceptors (Lipinski definition) is 5. The molecule has 3 aromatic rings. The third kappa shape index (κ3) is 4.81. The molecule has 32 heavy (non-hydrogen) atoms. The second kappa shape index (κ2) is 9.92. The lowest BCUT2D eigenvalue weighted by atomic mass is 10.2. The molecule has 3 aromatic carbocycles. The Morgan fingerprint density at radius 2 is 1.44 bits per heavy atom. The highest BCUT2D eigenvalue weighted by Crippen LogP contribution is 2.47. The Labute approximate surface area is 193 Å². The first kappa shape index (κ1) is 22.0. The number of carbonyl (C=O) groups excluding carboxylic acids is 2. The van der Waals surface area contributed by atoms with Crippen LogP contribution in [0.4, 0.5) is 17.1 Å². The topological polar surface area (TPSA) is 49.9 Å². The van der Waals surface area contributed by atoms with Crippen molar-refractivity contribution in [3.8, 4) is 0 Å². The summed E-state index contributed by atoms with van der Waals surface area (Å²) >= 11 is 1.73.